The number of nitrogens with two attached hydrogens (primary N) is 1. The molecule has 0 aliphatic rings. The number of rotatable bonds is 0. The van der Waals surface area contributed by atoms with Gasteiger partial charge in [-0.1, -0.05) is 11.6 Å². The van der Waals surface area contributed by atoms with E-state index in [1.54, 1.807) is 12.4 Å². The van der Waals surface area contributed by atoms with Crippen LogP contribution in [0.5, 0.6) is 0 Å². The molecule has 6 heteroatoms. The van der Waals surface area contributed by atoms with Gasteiger partial charge < -0.3 is 5.73 Å². The average Bonchev–Trinajstić information content (AvgIpc) is 2.07. The van der Waals surface area contributed by atoms with Crippen molar-refractivity contribution < 1.29 is 0 Å². The van der Waals surface area contributed by atoms with E-state index >= 15 is 0 Å². The van der Waals surface area contributed by atoms with Crippen LogP contribution < -0.4 is 5.73 Å². The summed E-state index contributed by atoms with van der Waals surface area (Å²) in [6, 6.07) is 0. The molecule has 0 aromatic carbocycles. The molecule has 0 unspecified atom stereocenters. The number of hydrogen-bond acceptors (Lipinski definition) is 4. The van der Waals surface area contributed by atoms with Crippen LogP contribution in [0, 0.1) is 3.57 Å². The van der Waals surface area contributed by atoms with E-state index in [9.17, 15) is 0 Å². The Morgan fingerprint density at radius 1 is 1.31 bits per heavy atom. The number of hydrogen-bond donors (Lipinski definition) is 1. The largest absolute Gasteiger partial charge is 0.368 e. The summed E-state index contributed by atoms with van der Waals surface area (Å²) < 4.78 is 0.908. The summed E-state index contributed by atoms with van der Waals surface area (Å²) in [7, 11) is 0. The summed E-state index contributed by atoms with van der Waals surface area (Å²) in [6.45, 7) is 0. The highest BCUT2D eigenvalue weighted by Gasteiger charge is 2.06. The lowest BCUT2D eigenvalue weighted by molar-refractivity contribution is 1.21. The molecule has 0 aliphatic carbocycles. The number of fused-ring (bicyclic) bond motifs is 1. The van der Waals surface area contributed by atoms with Crippen LogP contribution in [0.25, 0.3) is 10.9 Å². The minimum Gasteiger partial charge on any atom is -0.368 e. The Labute approximate surface area is 92.7 Å². The maximum absolute atomic E-state index is 5.86. The van der Waals surface area contributed by atoms with Crippen molar-refractivity contribution in [3.63, 3.8) is 0 Å². The molecule has 2 rings (SSSR count). The van der Waals surface area contributed by atoms with E-state index in [1.807, 2.05) is 0 Å². The van der Waals surface area contributed by atoms with Crippen LogP contribution in [-0.2, 0) is 0 Å². The number of anilines is 1. The van der Waals surface area contributed by atoms with Gasteiger partial charge in [0.2, 0.25) is 5.95 Å². The monoisotopic (exact) mass is 306 g/mol. The molecule has 0 saturated heterocycles. The third-order valence-electron chi connectivity index (χ3n) is 1.53. The third kappa shape index (κ3) is 1.53. The molecule has 66 valence electrons. The zero-order chi connectivity index (χ0) is 9.42. The Kier molecular flexibility index (Phi) is 2.20. The lowest BCUT2D eigenvalue weighted by Gasteiger charge is -2.01. The van der Waals surface area contributed by atoms with Gasteiger partial charge in [-0.2, -0.15) is 0 Å². The summed E-state index contributed by atoms with van der Waals surface area (Å²) in [5, 5.41) is 1.07. The second-order valence-corrected chi connectivity index (χ2v) is 3.91. The second kappa shape index (κ2) is 3.22. The predicted molar refractivity (Wildman–Crippen MR) is 59.5 cm³/mol. The zero-order valence-corrected chi connectivity index (χ0v) is 9.24. The van der Waals surface area contributed by atoms with Crippen LogP contribution in [0.4, 0.5) is 5.95 Å². The van der Waals surface area contributed by atoms with Crippen LogP contribution in [0.1, 0.15) is 0 Å². The van der Waals surface area contributed by atoms with Crippen LogP contribution in [0.2, 0.25) is 5.15 Å². The Balaban J connectivity index is 2.94. The SMILES string of the molecule is Nc1nc(Cl)c2cncc(I)c2n1. The van der Waals surface area contributed by atoms with Crippen molar-refractivity contribution in [3.8, 4) is 0 Å². The van der Waals surface area contributed by atoms with Gasteiger partial charge in [0.25, 0.3) is 0 Å². The molecule has 2 aromatic rings. The predicted octanol–water partition coefficient (Wildman–Crippen LogP) is 1.86. The fourth-order valence-corrected chi connectivity index (χ4v) is 1.79. The van der Waals surface area contributed by atoms with E-state index in [2.05, 4.69) is 37.5 Å². The van der Waals surface area contributed by atoms with Crippen molar-refractivity contribution in [2.75, 3.05) is 5.73 Å². The number of nitrogens with zero attached hydrogens (tertiary/aromatic N) is 3. The Bertz CT molecular complexity index is 473. The molecule has 0 bridgehead atoms. The van der Waals surface area contributed by atoms with E-state index in [0.717, 1.165) is 14.5 Å². The minimum absolute atomic E-state index is 0.182. The number of halogens is 2. The quantitative estimate of drug-likeness (QED) is 0.596. The molecule has 0 atom stereocenters. The van der Waals surface area contributed by atoms with Gasteiger partial charge in [0, 0.05) is 12.4 Å². The van der Waals surface area contributed by atoms with Gasteiger partial charge >= 0.3 is 0 Å². The first-order valence-corrected chi connectivity index (χ1v) is 4.86. The first-order chi connectivity index (χ1) is 6.18. The normalized spacial score (nSPS) is 10.6. The molecule has 0 spiro atoms. The van der Waals surface area contributed by atoms with E-state index in [4.69, 9.17) is 17.3 Å². The Morgan fingerprint density at radius 2 is 2.08 bits per heavy atom. The molecule has 2 N–H and O–H groups in total. The first-order valence-electron chi connectivity index (χ1n) is 3.40. The highest BCUT2D eigenvalue weighted by molar-refractivity contribution is 14.1. The highest BCUT2D eigenvalue weighted by Crippen LogP contribution is 2.23. The molecule has 0 fully saturated rings. The fraction of sp³-hybridized carbons (Fsp3) is 0. The van der Waals surface area contributed by atoms with E-state index in [1.165, 1.54) is 0 Å². The maximum atomic E-state index is 5.86. The summed E-state index contributed by atoms with van der Waals surface area (Å²) in [5.74, 6) is 0.182. The molecule has 2 aromatic heterocycles. The summed E-state index contributed by atoms with van der Waals surface area (Å²) in [5.41, 5.74) is 6.21. The molecule has 0 aliphatic heterocycles. The lowest BCUT2D eigenvalue weighted by atomic mass is 10.3. The van der Waals surface area contributed by atoms with Crippen molar-refractivity contribution in [2.24, 2.45) is 0 Å². The standard InChI is InChI=1S/C7H4ClIN4/c8-6-3-1-11-2-4(9)5(3)12-7(10)13-6/h1-2H,(H2,10,12,13). The molecule has 0 saturated carbocycles. The zero-order valence-electron chi connectivity index (χ0n) is 6.33. The van der Waals surface area contributed by atoms with Crippen molar-refractivity contribution >= 4 is 51.0 Å². The van der Waals surface area contributed by atoms with Crippen LogP contribution >= 0.6 is 34.2 Å². The molecule has 0 amide bonds. The molecule has 13 heavy (non-hydrogen) atoms. The topological polar surface area (TPSA) is 64.7 Å². The lowest BCUT2D eigenvalue weighted by Crippen LogP contribution is -1.97. The Hall–Kier alpha value is -0.690. The number of pyridine rings is 1. The van der Waals surface area contributed by atoms with Gasteiger partial charge in [0.1, 0.15) is 5.15 Å². The average molecular weight is 306 g/mol. The van der Waals surface area contributed by atoms with Crippen molar-refractivity contribution in [1.82, 2.24) is 15.0 Å². The third-order valence-corrected chi connectivity index (χ3v) is 2.61. The summed E-state index contributed by atoms with van der Waals surface area (Å²) >= 11 is 7.98. The summed E-state index contributed by atoms with van der Waals surface area (Å²) in [6.07, 6.45) is 3.32. The fourth-order valence-electron chi connectivity index (χ4n) is 0.993. The maximum Gasteiger partial charge on any atom is 0.222 e. The van der Waals surface area contributed by atoms with Crippen molar-refractivity contribution in [1.29, 1.82) is 0 Å². The molecule has 2 heterocycles. The molecule has 0 radical (unpaired) electrons. The minimum atomic E-state index is 0.182. The Morgan fingerprint density at radius 3 is 2.85 bits per heavy atom. The first kappa shape index (κ1) is 8.89. The van der Waals surface area contributed by atoms with E-state index in [0.29, 0.717) is 5.15 Å². The second-order valence-electron chi connectivity index (χ2n) is 2.39. The van der Waals surface area contributed by atoms with Crippen molar-refractivity contribution in [3.05, 3.63) is 21.1 Å². The van der Waals surface area contributed by atoms with Gasteiger partial charge in [0.05, 0.1) is 14.5 Å². The van der Waals surface area contributed by atoms with Gasteiger partial charge in [-0.3, -0.25) is 4.98 Å². The number of nitrogen functional groups attached to an aromatic ring is 1. The van der Waals surface area contributed by atoms with Crippen LogP contribution in [0.3, 0.4) is 0 Å². The van der Waals surface area contributed by atoms with E-state index < -0.39 is 0 Å². The van der Waals surface area contributed by atoms with Crippen LogP contribution in [-0.4, -0.2) is 15.0 Å². The molecular weight excluding hydrogens is 302 g/mol. The van der Waals surface area contributed by atoms with Gasteiger partial charge in [-0.25, -0.2) is 9.97 Å². The molecular formula is C7H4ClIN4. The van der Waals surface area contributed by atoms with Gasteiger partial charge in [-0.15, -0.1) is 0 Å². The highest BCUT2D eigenvalue weighted by atomic mass is 127. The van der Waals surface area contributed by atoms with E-state index in [-0.39, 0.29) is 5.95 Å². The number of aromatic nitrogens is 3. The molecule has 4 nitrogen and oxygen atoms in total. The van der Waals surface area contributed by atoms with Gasteiger partial charge in [-0.05, 0) is 22.6 Å². The van der Waals surface area contributed by atoms with Gasteiger partial charge in [0.15, 0.2) is 0 Å². The smallest absolute Gasteiger partial charge is 0.222 e. The van der Waals surface area contributed by atoms with Crippen LogP contribution in [0.15, 0.2) is 12.4 Å². The van der Waals surface area contributed by atoms with Crippen molar-refractivity contribution in [2.45, 2.75) is 0 Å². The summed E-state index contributed by atoms with van der Waals surface area (Å²) in [4.78, 5) is 11.9.